The molecule has 0 aromatic heterocycles. The smallest absolute Gasteiger partial charge is 0.335 e. The van der Waals surface area contributed by atoms with E-state index >= 15 is 0 Å². The van der Waals surface area contributed by atoms with Crippen LogP contribution in [0.2, 0.25) is 0 Å². The van der Waals surface area contributed by atoms with Crippen LogP contribution >= 0.6 is 12.4 Å². The predicted molar refractivity (Wildman–Crippen MR) is 116 cm³/mol. The number of hydrogen-bond acceptors (Lipinski definition) is 3. The van der Waals surface area contributed by atoms with Gasteiger partial charge in [-0.25, -0.2) is 9.59 Å². The second-order valence-electron chi connectivity index (χ2n) is 6.56. The quantitative estimate of drug-likeness (QED) is 0.384. The summed E-state index contributed by atoms with van der Waals surface area (Å²) in [4.78, 5) is 22.7. The van der Waals surface area contributed by atoms with Crippen molar-refractivity contribution in [1.82, 2.24) is 0 Å². The van der Waals surface area contributed by atoms with E-state index in [9.17, 15) is 19.8 Å². The van der Waals surface area contributed by atoms with E-state index in [1.54, 1.807) is 0 Å². The van der Waals surface area contributed by atoms with Crippen LogP contribution in [0.5, 0.6) is 0 Å². The first kappa shape index (κ1) is 20.2. The Balaban J connectivity index is 0.00000240. The molecule has 0 spiro atoms. The van der Waals surface area contributed by atoms with Gasteiger partial charge in [-0.2, -0.15) is 0 Å². The van der Waals surface area contributed by atoms with Crippen molar-refractivity contribution in [3.63, 3.8) is 0 Å². The average Bonchev–Trinajstić information content (AvgIpc) is 2.70. The van der Waals surface area contributed by atoms with E-state index in [0.29, 0.717) is 12.2 Å². The van der Waals surface area contributed by atoms with Crippen LogP contribution in [0.4, 0.5) is 5.69 Å². The van der Waals surface area contributed by atoms with Crippen molar-refractivity contribution in [2.45, 2.75) is 6.54 Å². The largest absolute Gasteiger partial charge is 0.478 e. The molecule has 0 unspecified atom stereocenters. The fourth-order valence-corrected chi connectivity index (χ4v) is 3.47. The van der Waals surface area contributed by atoms with Crippen LogP contribution in [0, 0.1) is 0 Å². The van der Waals surface area contributed by atoms with E-state index in [4.69, 9.17) is 0 Å². The van der Waals surface area contributed by atoms with Crippen molar-refractivity contribution >= 4 is 51.6 Å². The molecule has 0 aliphatic carbocycles. The molecular formula is C23H18ClNO4. The van der Waals surface area contributed by atoms with Crippen LogP contribution in [-0.4, -0.2) is 22.2 Å². The third kappa shape index (κ3) is 4.00. The summed E-state index contributed by atoms with van der Waals surface area (Å²) in [5, 5.41) is 26.2. The first-order chi connectivity index (χ1) is 13.5. The number of nitrogens with one attached hydrogen (secondary N) is 1. The third-order valence-electron chi connectivity index (χ3n) is 4.78. The molecule has 4 aromatic rings. The van der Waals surface area contributed by atoms with Crippen LogP contribution in [0.3, 0.4) is 0 Å². The maximum absolute atomic E-state index is 11.3. The van der Waals surface area contributed by atoms with Gasteiger partial charge in [0.25, 0.3) is 0 Å². The lowest BCUT2D eigenvalue weighted by molar-refractivity contribution is 0.0696. The third-order valence-corrected chi connectivity index (χ3v) is 4.78. The van der Waals surface area contributed by atoms with Crippen molar-refractivity contribution in [3.8, 4) is 0 Å². The normalized spacial score (nSPS) is 10.5. The van der Waals surface area contributed by atoms with Gasteiger partial charge in [-0.15, -0.1) is 12.4 Å². The van der Waals surface area contributed by atoms with Crippen molar-refractivity contribution in [3.05, 3.63) is 89.5 Å². The molecule has 0 amide bonds. The summed E-state index contributed by atoms with van der Waals surface area (Å²) in [6, 6.07) is 22.3. The molecule has 0 aliphatic heterocycles. The number of hydrogen-bond donors (Lipinski definition) is 3. The molecule has 146 valence electrons. The van der Waals surface area contributed by atoms with Crippen molar-refractivity contribution < 1.29 is 19.8 Å². The summed E-state index contributed by atoms with van der Waals surface area (Å²) in [5.41, 5.74) is 1.40. The molecule has 6 heteroatoms. The van der Waals surface area contributed by atoms with Crippen LogP contribution in [0.25, 0.3) is 21.5 Å². The van der Waals surface area contributed by atoms with E-state index in [1.807, 2.05) is 24.3 Å². The van der Waals surface area contributed by atoms with Gasteiger partial charge in [0.1, 0.15) is 0 Å². The predicted octanol–water partition coefficient (Wildman–Crippen LogP) is 5.42. The van der Waals surface area contributed by atoms with Gasteiger partial charge in [0.05, 0.1) is 11.1 Å². The summed E-state index contributed by atoms with van der Waals surface area (Å²) in [6.45, 7) is 0.435. The Hall–Kier alpha value is -3.57. The number of carboxylic acid groups (broad SMARTS) is 2. The molecule has 0 aliphatic rings. The summed E-state index contributed by atoms with van der Waals surface area (Å²) < 4.78 is 0. The van der Waals surface area contributed by atoms with Crippen molar-refractivity contribution in [2.75, 3.05) is 5.32 Å². The second kappa shape index (κ2) is 8.20. The standard InChI is InChI=1S/C23H17NO4.ClH/c25-22(26)16-10-17(23(27)28)12-18(11-16)24-13-21-19-7-3-1-5-14(19)9-15-6-2-4-8-20(15)21;/h1-12,24H,13H2,(H,25,26)(H,27,28);1H. The van der Waals surface area contributed by atoms with E-state index in [2.05, 4.69) is 35.6 Å². The lowest BCUT2D eigenvalue weighted by Crippen LogP contribution is -2.07. The topological polar surface area (TPSA) is 86.6 Å². The number of benzene rings is 4. The highest BCUT2D eigenvalue weighted by atomic mass is 35.5. The molecule has 3 N–H and O–H groups in total. The van der Waals surface area contributed by atoms with Gasteiger partial charge in [-0.3, -0.25) is 0 Å². The zero-order valence-electron chi connectivity index (χ0n) is 15.3. The number of carbonyl (C=O) groups is 2. The molecule has 0 fully saturated rings. The molecular weight excluding hydrogens is 390 g/mol. The van der Waals surface area contributed by atoms with Gasteiger partial charge in [0, 0.05) is 12.2 Å². The summed E-state index contributed by atoms with van der Waals surface area (Å²) in [5.74, 6) is -2.33. The molecule has 0 radical (unpaired) electrons. The minimum Gasteiger partial charge on any atom is -0.478 e. The molecule has 29 heavy (non-hydrogen) atoms. The Kier molecular flexibility index (Phi) is 5.71. The van der Waals surface area contributed by atoms with Gasteiger partial charge in [-0.1, -0.05) is 48.5 Å². The highest BCUT2D eigenvalue weighted by Gasteiger charge is 2.12. The number of fused-ring (bicyclic) bond motifs is 2. The fourth-order valence-electron chi connectivity index (χ4n) is 3.47. The van der Waals surface area contributed by atoms with Gasteiger partial charge in [-0.05, 0) is 51.4 Å². The monoisotopic (exact) mass is 407 g/mol. The van der Waals surface area contributed by atoms with E-state index in [-0.39, 0.29) is 23.5 Å². The zero-order chi connectivity index (χ0) is 19.7. The Bertz CT molecular complexity index is 1150. The van der Waals surface area contributed by atoms with Crippen LogP contribution < -0.4 is 5.32 Å². The first-order valence-electron chi connectivity index (χ1n) is 8.78. The number of aromatic carboxylic acids is 2. The van der Waals surface area contributed by atoms with Crippen molar-refractivity contribution in [1.29, 1.82) is 0 Å². The van der Waals surface area contributed by atoms with Gasteiger partial charge in [0.2, 0.25) is 0 Å². The Labute approximate surface area is 173 Å². The molecule has 4 rings (SSSR count). The minimum atomic E-state index is -1.17. The van der Waals surface area contributed by atoms with Crippen LogP contribution in [-0.2, 0) is 6.54 Å². The maximum atomic E-state index is 11.3. The summed E-state index contributed by atoms with van der Waals surface area (Å²) in [6.07, 6.45) is 0. The van der Waals surface area contributed by atoms with Crippen molar-refractivity contribution in [2.24, 2.45) is 0 Å². The summed E-state index contributed by atoms with van der Waals surface area (Å²) in [7, 11) is 0. The molecule has 5 nitrogen and oxygen atoms in total. The lowest BCUT2D eigenvalue weighted by Gasteiger charge is -2.14. The van der Waals surface area contributed by atoms with E-state index < -0.39 is 11.9 Å². The van der Waals surface area contributed by atoms with Gasteiger partial charge < -0.3 is 15.5 Å². The summed E-state index contributed by atoms with van der Waals surface area (Å²) >= 11 is 0. The fraction of sp³-hybridized carbons (Fsp3) is 0.0435. The highest BCUT2D eigenvalue weighted by Crippen LogP contribution is 2.29. The maximum Gasteiger partial charge on any atom is 0.335 e. The average molecular weight is 408 g/mol. The van der Waals surface area contributed by atoms with Gasteiger partial charge >= 0.3 is 11.9 Å². The number of rotatable bonds is 5. The van der Waals surface area contributed by atoms with Crippen LogP contribution in [0.15, 0.2) is 72.8 Å². The van der Waals surface area contributed by atoms with E-state index in [0.717, 1.165) is 33.2 Å². The SMILES string of the molecule is Cl.O=C(O)c1cc(NCc2c3ccccc3cc3ccccc23)cc(C(=O)O)c1. The molecule has 0 bridgehead atoms. The molecule has 0 saturated carbocycles. The number of anilines is 1. The lowest BCUT2D eigenvalue weighted by atomic mass is 9.96. The van der Waals surface area contributed by atoms with Gasteiger partial charge in [0.15, 0.2) is 0 Å². The first-order valence-corrected chi connectivity index (χ1v) is 8.78. The highest BCUT2D eigenvalue weighted by molar-refractivity contribution is 6.02. The Morgan fingerprint density at radius 3 is 1.69 bits per heavy atom. The zero-order valence-corrected chi connectivity index (χ0v) is 16.1. The molecule has 0 atom stereocenters. The second-order valence-corrected chi connectivity index (χ2v) is 6.56. The number of halogens is 1. The van der Waals surface area contributed by atoms with E-state index in [1.165, 1.54) is 12.1 Å². The molecule has 0 saturated heterocycles. The minimum absolute atomic E-state index is 0. The Morgan fingerprint density at radius 2 is 1.21 bits per heavy atom. The molecule has 4 aromatic carbocycles. The molecule has 0 heterocycles. The van der Waals surface area contributed by atoms with Crippen LogP contribution in [0.1, 0.15) is 26.3 Å². The number of carboxylic acids is 2. The Morgan fingerprint density at radius 1 is 0.724 bits per heavy atom.